The van der Waals surface area contributed by atoms with Gasteiger partial charge in [0.2, 0.25) is 5.95 Å². The zero-order chi connectivity index (χ0) is 29.1. The van der Waals surface area contributed by atoms with Crippen molar-refractivity contribution < 1.29 is 28.1 Å². The molecule has 0 fully saturated rings. The number of carbonyl (C=O) groups is 1. The molecule has 212 valence electrons. The molecular weight excluding hydrogens is 553 g/mol. The molecule has 0 saturated heterocycles. The highest BCUT2D eigenvalue weighted by molar-refractivity contribution is 6.32. The number of anilines is 2. The second-order valence-corrected chi connectivity index (χ2v) is 9.47. The van der Waals surface area contributed by atoms with E-state index in [0.717, 1.165) is 5.56 Å². The molecule has 2 heterocycles. The highest BCUT2D eigenvalue weighted by Gasteiger charge is 2.34. The molecule has 0 aliphatic carbocycles. The summed E-state index contributed by atoms with van der Waals surface area (Å²) in [5, 5.41) is 10.8. The van der Waals surface area contributed by atoms with E-state index in [1.807, 2.05) is 6.07 Å². The molecule has 3 aromatic carbocycles. The molecule has 5 rings (SSSR count). The van der Waals surface area contributed by atoms with E-state index in [2.05, 4.69) is 20.7 Å². The minimum Gasteiger partial charge on any atom is -0.495 e. The fourth-order valence-electron chi connectivity index (χ4n) is 4.56. The monoisotopic (exact) mass is 579 g/mol. The average Bonchev–Trinajstić information content (AvgIpc) is 3.44. The van der Waals surface area contributed by atoms with E-state index < -0.39 is 11.9 Å². The Morgan fingerprint density at radius 2 is 1.73 bits per heavy atom. The maximum Gasteiger partial charge on any atom is 0.255 e. The van der Waals surface area contributed by atoms with Gasteiger partial charge in [-0.3, -0.25) is 4.79 Å². The first kappa shape index (κ1) is 27.8. The van der Waals surface area contributed by atoms with Crippen LogP contribution in [-0.4, -0.2) is 42.0 Å². The van der Waals surface area contributed by atoms with Gasteiger partial charge in [-0.1, -0.05) is 29.8 Å². The molecule has 1 atom stereocenters. The van der Waals surface area contributed by atoms with Crippen LogP contribution in [-0.2, 0) is 11.4 Å². The molecule has 1 unspecified atom stereocenters. The Morgan fingerprint density at radius 1 is 1.00 bits per heavy atom. The van der Waals surface area contributed by atoms with Crippen molar-refractivity contribution in [1.29, 1.82) is 0 Å². The van der Waals surface area contributed by atoms with Crippen molar-refractivity contribution in [3.63, 3.8) is 0 Å². The number of carbonyl (C=O) groups excluding carboxylic acids is 1. The molecule has 0 bridgehead atoms. The first-order chi connectivity index (χ1) is 19.8. The van der Waals surface area contributed by atoms with Crippen molar-refractivity contribution in [2.45, 2.75) is 19.6 Å². The molecule has 1 amide bonds. The smallest absolute Gasteiger partial charge is 0.255 e. The van der Waals surface area contributed by atoms with Gasteiger partial charge >= 0.3 is 0 Å². The number of rotatable bonds is 9. The third-order valence-electron chi connectivity index (χ3n) is 6.57. The van der Waals surface area contributed by atoms with Crippen LogP contribution in [0.15, 0.2) is 72.2 Å². The van der Waals surface area contributed by atoms with Gasteiger partial charge in [0.15, 0.2) is 11.5 Å². The minimum atomic E-state index is -0.658. The van der Waals surface area contributed by atoms with Gasteiger partial charge < -0.3 is 29.6 Å². The van der Waals surface area contributed by atoms with E-state index in [0.29, 0.717) is 56.5 Å². The molecule has 1 aromatic heterocycles. The van der Waals surface area contributed by atoms with Crippen molar-refractivity contribution in [3.8, 4) is 23.0 Å². The van der Waals surface area contributed by atoms with Crippen LogP contribution < -0.4 is 29.6 Å². The maximum atomic E-state index is 13.9. The van der Waals surface area contributed by atoms with Crippen molar-refractivity contribution in [1.82, 2.24) is 14.8 Å². The zero-order valence-corrected chi connectivity index (χ0v) is 23.5. The van der Waals surface area contributed by atoms with Crippen LogP contribution in [0.25, 0.3) is 0 Å². The van der Waals surface area contributed by atoms with E-state index >= 15 is 0 Å². The highest BCUT2D eigenvalue weighted by atomic mass is 35.5. The molecule has 4 aromatic rings. The second kappa shape index (κ2) is 11.8. The summed E-state index contributed by atoms with van der Waals surface area (Å²) in [4.78, 5) is 18.2. The van der Waals surface area contributed by atoms with Gasteiger partial charge in [-0.25, -0.2) is 9.07 Å². The Kier molecular flexibility index (Phi) is 7.97. The van der Waals surface area contributed by atoms with Crippen molar-refractivity contribution >= 4 is 29.1 Å². The van der Waals surface area contributed by atoms with Gasteiger partial charge in [0.25, 0.3) is 5.91 Å². The predicted octanol–water partition coefficient (Wildman–Crippen LogP) is 5.60. The second-order valence-electron chi connectivity index (χ2n) is 9.06. The van der Waals surface area contributed by atoms with Crippen LogP contribution in [0.2, 0.25) is 5.02 Å². The summed E-state index contributed by atoms with van der Waals surface area (Å²) in [7, 11) is 4.50. The molecule has 1 aliphatic heterocycles. The van der Waals surface area contributed by atoms with E-state index in [1.54, 1.807) is 48.0 Å². The number of hydrogen-bond donors (Lipinski definition) is 2. The number of hydrogen-bond acceptors (Lipinski definition) is 8. The molecule has 1 aliphatic rings. The van der Waals surface area contributed by atoms with E-state index in [4.69, 9.17) is 30.5 Å². The lowest BCUT2D eigenvalue weighted by molar-refractivity contribution is -0.113. The molecule has 0 radical (unpaired) electrons. The molecule has 10 nitrogen and oxygen atoms in total. The average molecular weight is 580 g/mol. The predicted molar refractivity (Wildman–Crippen MR) is 151 cm³/mol. The number of nitrogens with one attached hydrogen (secondary N) is 2. The van der Waals surface area contributed by atoms with E-state index in [9.17, 15) is 9.18 Å². The van der Waals surface area contributed by atoms with Crippen LogP contribution in [0.3, 0.4) is 0 Å². The van der Waals surface area contributed by atoms with Crippen LogP contribution in [0.1, 0.15) is 24.1 Å². The summed E-state index contributed by atoms with van der Waals surface area (Å²) in [5.74, 6) is 1.44. The van der Waals surface area contributed by atoms with E-state index in [-0.39, 0.29) is 12.4 Å². The molecule has 41 heavy (non-hydrogen) atoms. The number of fused-ring (bicyclic) bond motifs is 1. The Bertz CT molecular complexity index is 1620. The van der Waals surface area contributed by atoms with Gasteiger partial charge in [0.05, 0.1) is 37.6 Å². The van der Waals surface area contributed by atoms with Crippen LogP contribution in [0.4, 0.5) is 16.0 Å². The number of aromatic nitrogens is 3. The summed E-state index contributed by atoms with van der Waals surface area (Å²) < 4.78 is 37.2. The first-order valence-electron chi connectivity index (χ1n) is 12.5. The van der Waals surface area contributed by atoms with Gasteiger partial charge in [0, 0.05) is 17.8 Å². The number of allylic oxidation sites excluding steroid dienone is 1. The Balaban J connectivity index is 1.49. The largest absolute Gasteiger partial charge is 0.495 e. The topological polar surface area (TPSA) is 109 Å². The van der Waals surface area contributed by atoms with Gasteiger partial charge in [0.1, 0.15) is 36.3 Å². The van der Waals surface area contributed by atoms with Crippen molar-refractivity contribution in [3.05, 3.63) is 94.2 Å². The van der Waals surface area contributed by atoms with Gasteiger partial charge in [-0.05, 0) is 42.3 Å². The molecular formula is C29H27ClFN5O5. The Hall–Kier alpha value is -4.77. The van der Waals surface area contributed by atoms with Crippen LogP contribution in [0, 0.1) is 5.82 Å². The summed E-state index contributed by atoms with van der Waals surface area (Å²) in [6.07, 6.45) is 1.41. The number of halogens is 2. The lowest BCUT2D eigenvalue weighted by Gasteiger charge is -2.29. The Morgan fingerprint density at radius 3 is 2.44 bits per heavy atom. The van der Waals surface area contributed by atoms with Crippen LogP contribution in [0.5, 0.6) is 23.0 Å². The number of ether oxygens (including phenoxy) is 4. The van der Waals surface area contributed by atoms with Crippen LogP contribution >= 0.6 is 11.6 Å². The fourth-order valence-corrected chi connectivity index (χ4v) is 4.79. The molecule has 2 N–H and O–H groups in total. The number of methoxy groups -OCH3 is 3. The summed E-state index contributed by atoms with van der Waals surface area (Å²) in [6, 6.07) is 13.9. The standard InChI is InChI=1S/C29H27ClFN5O5/c1-16-26(28(37)35-21-13-23(38-2)20(30)12-24(21)39-3)27(36-29(34-16)32-15-33-36)18-7-10-22(25(11-18)40-4)41-14-17-5-8-19(31)9-6-17/h5-13,15,27H,14H2,1-4H3,(H,35,37)(H,32,33,34). The summed E-state index contributed by atoms with van der Waals surface area (Å²) in [5.41, 5.74) is 2.86. The van der Waals surface area contributed by atoms with E-state index in [1.165, 1.54) is 39.8 Å². The molecule has 0 saturated carbocycles. The lowest BCUT2D eigenvalue weighted by atomic mass is 9.94. The Labute approximate surface area is 240 Å². The normalized spacial score (nSPS) is 14.1. The summed E-state index contributed by atoms with van der Waals surface area (Å²) in [6.45, 7) is 2.01. The number of amides is 1. The van der Waals surface area contributed by atoms with Gasteiger partial charge in [-0.2, -0.15) is 10.1 Å². The van der Waals surface area contributed by atoms with Crippen molar-refractivity contribution in [2.75, 3.05) is 32.0 Å². The SMILES string of the molecule is COc1cc(NC(=O)C2=C(C)Nc3ncnn3C2c2ccc(OCc3ccc(F)cc3)c(OC)c2)c(OC)cc1Cl. The van der Waals surface area contributed by atoms with Crippen molar-refractivity contribution in [2.24, 2.45) is 0 Å². The quantitative estimate of drug-likeness (QED) is 0.264. The van der Waals surface area contributed by atoms with Gasteiger partial charge in [-0.15, -0.1) is 0 Å². The molecule has 0 spiro atoms. The first-order valence-corrected chi connectivity index (χ1v) is 12.9. The number of benzene rings is 3. The minimum absolute atomic E-state index is 0.218. The summed E-state index contributed by atoms with van der Waals surface area (Å²) >= 11 is 6.25. The third kappa shape index (κ3) is 5.62. The highest BCUT2D eigenvalue weighted by Crippen LogP contribution is 2.40. The third-order valence-corrected chi connectivity index (χ3v) is 6.87. The molecule has 12 heteroatoms. The maximum absolute atomic E-state index is 13.9. The lowest BCUT2D eigenvalue weighted by Crippen LogP contribution is -2.31. The number of nitrogens with zero attached hydrogens (tertiary/aromatic N) is 3. The zero-order valence-electron chi connectivity index (χ0n) is 22.7. The fraction of sp³-hybridized carbons (Fsp3) is 0.207.